The van der Waals surface area contributed by atoms with Crippen molar-refractivity contribution in [1.29, 1.82) is 0 Å². The van der Waals surface area contributed by atoms with E-state index in [9.17, 15) is 4.79 Å². The molecule has 2 fully saturated rings. The van der Waals surface area contributed by atoms with Gasteiger partial charge < -0.3 is 10.6 Å². The van der Waals surface area contributed by atoms with Crippen LogP contribution in [0.2, 0.25) is 0 Å². The molecule has 3 rings (SSSR count). The maximum absolute atomic E-state index is 12.3. The van der Waals surface area contributed by atoms with Crippen molar-refractivity contribution in [3.63, 3.8) is 0 Å². The van der Waals surface area contributed by atoms with E-state index in [2.05, 4.69) is 13.8 Å². The third-order valence-corrected chi connectivity index (χ3v) is 5.10. The Morgan fingerprint density at radius 2 is 1.89 bits per heavy atom. The van der Waals surface area contributed by atoms with Crippen LogP contribution < -0.4 is 5.73 Å². The Balaban J connectivity index is 1.56. The molecule has 1 saturated carbocycles. The second-order valence-electron chi connectivity index (χ2n) is 6.55. The second-order valence-corrected chi connectivity index (χ2v) is 6.55. The van der Waals surface area contributed by atoms with Crippen molar-refractivity contribution >= 4 is 5.91 Å². The predicted octanol–water partition coefficient (Wildman–Crippen LogP) is 2.19. The molecule has 3 unspecified atom stereocenters. The average molecular weight is 258 g/mol. The summed E-state index contributed by atoms with van der Waals surface area (Å²) in [6.45, 7) is 6.47. The Bertz CT molecular complexity index is 469. The molecule has 0 radical (unpaired) electrons. The van der Waals surface area contributed by atoms with Crippen LogP contribution in [0.1, 0.15) is 31.9 Å². The lowest BCUT2D eigenvalue weighted by Gasteiger charge is -2.23. The molecule has 1 heterocycles. The van der Waals surface area contributed by atoms with Gasteiger partial charge in [-0.1, -0.05) is 44.2 Å². The molecule has 19 heavy (non-hydrogen) atoms. The summed E-state index contributed by atoms with van der Waals surface area (Å²) < 4.78 is 0. The number of likely N-dealkylation sites (tertiary alicyclic amines) is 1. The van der Waals surface area contributed by atoms with Crippen LogP contribution >= 0.6 is 0 Å². The van der Waals surface area contributed by atoms with Gasteiger partial charge in [0.1, 0.15) is 0 Å². The Hall–Kier alpha value is -1.35. The third-order valence-electron chi connectivity index (χ3n) is 5.10. The summed E-state index contributed by atoms with van der Waals surface area (Å²) in [4.78, 5) is 14.3. The van der Waals surface area contributed by atoms with Crippen molar-refractivity contribution < 1.29 is 4.79 Å². The number of hydrogen-bond donors (Lipinski definition) is 1. The number of hydrogen-bond acceptors (Lipinski definition) is 2. The van der Waals surface area contributed by atoms with E-state index in [4.69, 9.17) is 5.73 Å². The molecule has 1 aliphatic heterocycles. The zero-order valence-electron chi connectivity index (χ0n) is 11.7. The SMILES string of the molecule is CC1(C)C2CN(C(=O)CC(N)c3ccccc3)CC21. The van der Waals surface area contributed by atoms with Crippen molar-refractivity contribution in [3.8, 4) is 0 Å². The zero-order valence-corrected chi connectivity index (χ0v) is 11.7. The standard InChI is InChI=1S/C16H22N2O/c1-16(2)12-9-18(10-13(12)16)15(19)8-14(17)11-6-4-3-5-7-11/h3-7,12-14H,8-10,17H2,1-2H3. The van der Waals surface area contributed by atoms with Crippen LogP contribution in [0.5, 0.6) is 0 Å². The van der Waals surface area contributed by atoms with Gasteiger partial charge in [-0.05, 0) is 22.8 Å². The van der Waals surface area contributed by atoms with E-state index < -0.39 is 0 Å². The van der Waals surface area contributed by atoms with Gasteiger partial charge >= 0.3 is 0 Å². The number of fused-ring (bicyclic) bond motifs is 1. The topological polar surface area (TPSA) is 46.3 Å². The van der Waals surface area contributed by atoms with Gasteiger partial charge in [0.05, 0.1) is 0 Å². The summed E-state index contributed by atoms with van der Waals surface area (Å²) in [7, 11) is 0. The molecular formula is C16H22N2O. The highest BCUT2D eigenvalue weighted by atomic mass is 16.2. The van der Waals surface area contributed by atoms with Gasteiger partial charge in [-0.2, -0.15) is 0 Å². The summed E-state index contributed by atoms with van der Waals surface area (Å²) in [5.41, 5.74) is 7.61. The molecule has 1 amide bonds. The van der Waals surface area contributed by atoms with Crippen LogP contribution in [0.25, 0.3) is 0 Å². The lowest BCUT2D eigenvalue weighted by atomic mass is 10.0. The van der Waals surface area contributed by atoms with E-state index in [0.29, 0.717) is 23.7 Å². The van der Waals surface area contributed by atoms with Crippen molar-refractivity contribution in [1.82, 2.24) is 4.90 Å². The average Bonchev–Trinajstić information content (AvgIpc) is 2.81. The number of rotatable bonds is 3. The lowest BCUT2D eigenvalue weighted by molar-refractivity contribution is -0.131. The minimum absolute atomic E-state index is 0.182. The Morgan fingerprint density at radius 3 is 2.47 bits per heavy atom. The van der Waals surface area contributed by atoms with Gasteiger partial charge in [-0.25, -0.2) is 0 Å². The maximum atomic E-state index is 12.3. The molecule has 0 aromatic heterocycles. The largest absolute Gasteiger partial charge is 0.342 e. The maximum Gasteiger partial charge on any atom is 0.224 e. The Labute approximate surface area is 114 Å². The van der Waals surface area contributed by atoms with E-state index in [1.165, 1.54) is 0 Å². The molecule has 1 saturated heterocycles. The second kappa shape index (κ2) is 4.34. The molecule has 3 nitrogen and oxygen atoms in total. The molecule has 1 aromatic rings. The summed E-state index contributed by atoms with van der Waals surface area (Å²) in [5.74, 6) is 1.63. The van der Waals surface area contributed by atoms with Crippen LogP contribution in [0, 0.1) is 17.3 Å². The van der Waals surface area contributed by atoms with Crippen molar-refractivity contribution in [2.75, 3.05) is 13.1 Å². The number of benzene rings is 1. The summed E-state index contributed by atoms with van der Waals surface area (Å²) >= 11 is 0. The number of piperidine rings is 1. The van der Waals surface area contributed by atoms with E-state index >= 15 is 0 Å². The first-order valence-electron chi connectivity index (χ1n) is 7.08. The van der Waals surface area contributed by atoms with Crippen LogP contribution in [0.3, 0.4) is 0 Å². The van der Waals surface area contributed by atoms with Crippen molar-refractivity contribution in [2.45, 2.75) is 26.3 Å². The molecule has 0 bridgehead atoms. The fraction of sp³-hybridized carbons (Fsp3) is 0.562. The lowest BCUT2D eigenvalue weighted by Crippen LogP contribution is -2.34. The highest BCUT2D eigenvalue weighted by molar-refractivity contribution is 5.77. The van der Waals surface area contributed by atoms with Crippen molar-refractivity contribution in [3.05, 3.63) is 35.9 Å². The number of nitrogens with two attached hydrogens (primary N) is 1. The number of amides is 1. The quantitative estimate of drug-likeness (QED) is 0.903. The zero-order chi connectivity index (χ0) is 13.6. The minimum atomic E-state index is -0.182. The molecule has 1 aromatic carbocycles. The van der Waals surface area contributed by atoms with Crippen LogP contribution in [0.4, 0.5) is 0 Å². The molecule has 3 atom stereocenters. The number of nitrogens with zero attached hydrogens (tertiary/aromatic N) is 1. The van der Waals surface area contributed by atoms with Gasteiger partial charge in [0.2, 0.25) is 5.91 Å². The number of carbonyl (C=O) groups is 1. The van der Waals surface area contributed by atoms with Crippen LogP contribution in [-0.2, 0) is 4.79 Å². The van der Waals surface area contributed by atoms with E-state index in [1.807, 2.05) is 35.2 Å². The fourth-order valence-corrected chi connectivity index (χ4v) is 3.47. The first-order chi connectivity index (χ1) is 9.00. The van der Waals surface area contributed by atoms with E-state index in [1.54, 1.807) is 0 Å². The van der Waals surface area contributed by atoms with E-state index in [-0.39, 0.29) is 11.9 Å². The van der Waals surface area contributed by atoms with Crippen LogP contribution in [0.15, 0.2) is 30.3 Å². The highest BCUT2D eigenvalue weighted by Crippen LogP contribution is 2.61. The summed E-state index contributed by atoms with van der Waals surface area (Å²) in [6, 6.07) is 9.69. The van der Waals surface area contributed by atoms with Crippen LogP contribution in [-0.4, -0.2) is 23.9 Å². The fourth-order valence-electron chi connectivity index (χ4n) is 3.47. The monoisotopic (exact) mass is 258 g/mol. The summed E-state index contributed by atoms with van der Waals surface area (Å²) in [6.07, 6.45) is 0.421. The van der Waals surface area contributed by atoms with Crippen molar-refractivity contribution in [2.24, 2.45) is 23.0 Å². The third kappa shape index (κ3) is 2.16. The molecule has 1 aliphatic carbocycles. The van der Waals surface area contributed by atoms with Gasteiger partial charge in [0.15, 0.2) is 0 Å². The first-order valence-corrected chi connectivity index (χ1v) is 7.08. The highest BCUT2D eigenvalue weighted by Gasteiger charge is 2.62. The van der Waals surface area contributed by atoms with E-state index in [0.717, 1.165) is 18.7 Å². The van der Waals surface area contributed by atoms with Gasteiger partial charge in [0, 0.05) is 25.6 Å². The Kier molecular flexibility index (Phi) is 2.90. The first kappa shape index (κ1) is 12.7. The normalized spacial score (nSPS) is 28.9. The van der Waals surface area contributed by atoms with Gasteiger partial charge in [0.25, 0.3) is 0 Å². The molecular weight excluding hydrogens is 236 g/mol. The van der Waals surface area contributed by atoms with Gasteiger partial charge in [-0.3, -0.25) is 4.79 Å². The molecule has 3 heteroatoms. The molecule has 2 aliphatic rings. The minimum Gasteiger partial charge on any atom is -0.342 e. The number of carbonyl (C=O) groups excluding carboxylic acids is 1. The smallest absolute Gasteiger partial charge is 0.224 e. The van der Waals surface area contributed by atoms with Gasteiger partial charge in [-0.15, -0.1) is 0 Å². The Morgan fingerprint density at radius 1 is 1.32 bits per heavy atom. The predicted molar refractivity (Wildman–Crippen MR) is 75.3 cm³/mol. The molecule has 2 N–H and O–H groups in total. The molecule has 102 valence electrons. The summed E-state index contributed by atoms with van der Waals surface area (Å²) in [5, 5.41) is 0. The molecule has 0 spiro atoms.